The predicted octanol–water partition coefficient (Wildman–Crippen LogP) is 1.63. The minimum absolute atomic E-state index is 0.0458. The van der Waals surface area contributed by atoms with E-state index >= 15 is 0 Å². The molecule has 132 valence electrons. The van der Waals surface area contributed by atoms with Crippen molar-refractivity contribution in [2.24, 2.45) is 0 Å². The van der Waals surface area contributed by atoms with Crippen molar-refractivity contribution in [3.63, 3.8) is 0 Å². The molecular formula is C17H22N6O2. The lowest BCUT2D eigenvalue weighted by Crippen LogP contribution is -2.36. The Morgan fingerprint density at radius 2 is 1.96 bits per heavy atom. The largest absolute Gasteiger partial charge is 0.368 e. The highest BCUT2D eigenvalue weighted by Gasteiger charge is 2.22. The number of nitrogens with one attached hydrogen (secondary N) is 3. The van der Waals surface area contributed by atoms with Gasteiger partial charge in [0, 0.05) is 25.9 Å². The topological polar surface area (TPSA) is 101 Å². The van der Waals surface area contributed by atoms with Crippen LogP contribution in [0.5, 0.6) is 0 Å². The van der Waals surface area contributed by atoms with Gasteiger partial charge in [-0.05, 0) is 43.5 Å². The Bertz CT molecular complexity index is 683. The van der Waals surface area contributed by atoms with Crippen LogP contribution in [-0.4, -0.2) is 46.9 Å². The molecule has 3 rings (SSSR count). The van der Waals surface area contributed by atoms with Crippen molar-refractivity contribution >= 4 is 23.4 Å². The van der Waals surface area contributed by atoms with E-state index in [4.69, 9.17) is 4.74 Å². The standard InChI is InChI=1S/C17H22N6O2/c1-12-4-5-14(20-11-12)21-16-7-6-15(22-23-16)18-8-9-19-17(24)13-3-2-10-25-13/h4-7,11,13H,2-3,8-10H2,1H3,(H,18,22)(H,19,24)(H,20,21,23)/t13-/m0/s1. The zero-order valence-corrected chi connectivity index (χ0v) is 14.2. The van der Waals surface area contributed by atoms with E-state index in [2.05, 4.69) is 31.1 Å². The molecule has 2 aromatic rings. The lowest BCUT2D eigenvalue weighted by atomic mass is 10.2. The van der Waals surface area contributed by atoms with Crippen molar-refractivity contribution in [2.75, 3.05) is 30.3 Å². The maximum Gasteiger partial charge on any atom is 0.249 e. The van der Waals surface area contributed by atoms with Gasteiger partial charge >= 0.3 is 0 Å². The van der Waals surface area contributed by atoms with Crippen LogP contribution in [0.15, 0.2) is 30.5 Å². The number of aryl methyl sites for hydroxylation is 1. The lowest BCUT2D eigenvalue weighted by molar-refractivity contribution is -0.129. The number of amides is 1. The summed E-state index contributed by atoms with van der Waals surface area (Å²) in [5.74, 6) is 1.94. The van der Waals surface area contributed by atoms with Crippen molar-refractivity contribution in [1.29, 1.82) is 0 Å². The third kappa shape index (κ3) is 5.12. The minimum atomic E-state index is -0.291. The molecule has 0 unspecified atom stereocenters. The van der Waals surface area contributed by atoms with Gasteiger partial charge < -0.3 is 20.7 Å². The van der Waals surface area contributed by atoms with E-state index in [1.54, 1.807) is 6.20 Å². The summed E-state index contributed by atoms with van der Waals surface area (Å²) in [7, 11) is 0. The summed E-state index contributed by atoms with van der Waals surface area (Å²) in [5, 5.41) is 17.3. The van der Waals surface area contributed by atoms with Crippen molar-refractivity contribution < 1.29 is 9.53 Å². The van der Waals surface area contributed by atoms with Crippen molar-refractivity contribution in [3.05, 3.63) is 36.0 Å². The molecule has 0 bridgehead atoms. The second-order valence-electron chi connectivity index (χ2n) is 5.87. The number of pyridine rings is 1. The fraction of sp³-hybridized carbons (Fsp3) is 0.412. The molecule has 1 atom stereocenters. The van der Waals surface area contributed by atoms with Crippen LogP contribution >= 0.6 is 0 Å². The SMILES string of the molecule is Cc1ccc(Nc2ccc(NCCNC(=O)[C@@H]3CCCO3)nn2)nc1. The van der Waals surface area contributed by atoms with E-state index in [1.807, 2.05) is 31.2 Å². The Kier molecular flexibility index (Phi) is 5.73. The number of hydrogen-bond acceptors (Lipinski definition) is 7. The first kappa shape index (κ1) is 17.1. The number of nitrogens with zero attached hydrogens (tertiary/aromatic N) is 3. The van der Waals surface area contributed by atoms with Gasteiger partial charge in [-0.3, -0.25) is 4.79 Å². The van der Waals surface area contributed by atoms with E-state index < -0.39 is 0 Å². The summed E-state index contributed by atoms with van der Waals surface area (Å²) in [6.45, 7) is 3.73. The molecule has 25 heavy (non-hydrogen) atoms. The van der Waals surface area contributed by atoms with Crippen LogP contribution in [0, 0.1) is 6.92 Å². The van der Waals surface area contributed by atoms with Crippen LogP contribution < -0.4 is 16.0 Å². The molecule has 1 aliphatic heterocycles. The van der Waals surface area contributed by atoms with Gasteiger partial charge in [-0.1, -0.05) is 6.07 Å². The molecule has 0 aromatic carbocycles. The van der Waals surface area contributed by atoms with E-state index in [1.165, 1.54) is 0 Å². The molecule has 3 heterocycles. The normalized spacial score (nSPS) is 16.4. The Labute approximate surface area is 146 Å². The molecule has 0 radical (unpaired) electrons. The van der Waals surface area contributed by atoms with Gasteiger partial charge in [-0.25, -0.2) is 4.98 Å². The van der Waals surface area contributed by atoms with Crippen molar-refractivity contribution in [1.82, 2.24) is 20.5 Å². The molecule has 3 N–H and O–H groups in total. The van der Waals surface area contributed by atoms with Gasteiger partial charge in [-0.15, -0.1) is 10.2 Å². The number of carbonyl (C=O) groups excluding carboxylic acids is 1. The average molecular weight is 342 g/mol. The summed E-state index contributed by atoms with van der Waals surface area (Å²) in [5.41, 5.74) is 1.10. The summed E-state index contributed by atoms with van der Waals surface area (Å²) < 4.78 is 5.33. The number of carbonyl (C=O) groups is 1. The Hall–Kier alpha value is -2.74. The van der Waals surface area contributed by atoms with Crippen LogP contribution in [0.2, 0.25) is 0 Å². The number of hydrogen-bond donors (Lipinski definition) is 3. The fourth-order valence-corrected chi connectivity index (χ4v) is 2.44. The quantitative estimate of drug-likeness (QED) is 0.657. The fourth-order valence-electron chi connectivity index (χ4n) is 2.44. The maximum absolute atomic E-state index is 11.8. The highest BCUT2D eigenvalue weighted by Crippen LogP contribution is 2.13. The Balaban J connectivity index is 1.40. The zero-order valence-electron chi connectivity index (χ0n) is 14.2. The van der Waals surface area contributed by atoms with Gasteiger partial charge in [0.1, 0.15) is 17.7 Å². The third-order valence-corrected chi connectivity index (χ3v) is 3.78. The molecule has 8 nitrogen and oxygen atoms in total. The van der Waals surface area contributed by atoms with Gasteiger partial charge in [0.15, 0.2) is 5.82 Å². The molecule has 0 aliphatic carbocycles. The van der Waals surface area contributed by atoms with Gasteiger partial charge in [0.2, 0.25) is 5.91 Å². The van der Waals surface area contributed by atoms with Crippen LogP contribution in [0.4, 0.5) is 17.5 Å². The molecule has 8 heteroatoms. The summed E-state index contributed by atoms with van der Waals surface area (Å²) in [6.07, 6.45) is 3.25. The van der Waals surface area contributed by atoms with E-state index in [9.17, 15) is 4.79 Å². The third-order valence-electron chi connectivity index (χ3n) is 3.78. The van der Waals surface area contributed by atoms with E-state index in [-0.39, 0.29) is 12.0 Å². The highest BCUT2D eigenvalue weighted by atomic mass is 16.5. The van der Waals surface area contributed by atoms with E-state index in [0.717, 1.165) is 24.2 Å². The molecular weight excluding hydrogens is 320 g/mol. The first-order chi connectivity index (χ1) is 12.2. The molecule has 1 saturated heterocycles. The number of rotatable bonds is 7. The van der Waals surface area contributed by atoms with Crippen molar-refractivity contribution in [3.8, 4) is 0 Å². The Morgan fingerprint density at radius 3 is 2.64 bits per heavy atom. The smallest absolute Gasteiger partial charge is 0.249 e. The van der Waals surface area contributed by atoms with Crippen molar-refractivity contribution in [2.45, 2.75) is 25.9 Å². The average Bonchev–Trinajstić information content (AvgIpc) is 3.17. The van der Waals surface area contributed by atoms with Gasteiger partial charge in [-0.2, -0.15) is 0 Å². The van der Waals surface area contributed by atoms with Crippen LogP contribution in [-0.2, 0) is 9.53 Å². The summed E-state index contributed by atoms with van der Waals surface area (Å²) in [6, 6.07) is 7.51. The van der Waals surface area contributed by atoms with Crippen LogP contribution in [0.3, 0.4) is 0 Å². The molecule has 1 fully saturated rings. The van der Waals surface area contributed by atoms with Crippen LogP contribution in [0.1, 0.15) is 18.4 Å². The molecule has 2 aromatic heterocycles. The Morgan fingerprint density at radius 1 is 1.16 bits per heavy atom. The zero-order chi connectivity index (χ0) is 17.5. The maximum atomic E-state index is 11.8. The predicted molar refractivity (Wildman–Crippen MR) is 94.8 cm³/mol. The number of ether oxygens (including phenoxy) is 1. The minimum Gasteiger partial charge on any atom is -0.368 e. The highest BCUT2D eigenvalue weighted by molar-refractivity contribution is 5.80. The first-order valence-electron chi connectivity index (χ1n) is 8.37. The van der Waals surface area contributed by atoms with Gasteiger partial charge in [0.05, 0.1) is 0 Å². The molecule has 1 amide bonds. The second kappa shape index (κ2) is 8.39. The number of anilines is 3. The first-order valence-corrected chi connectivity index (χ1v) is 8.37. The van der Waals surface area contributed by atoms with E-state index in [0.29, 0.717) is 31.3 Å². The summed E-state index contributed by atoms with van der Waals surface area (Å²) >= 11 is 0. The second-order valence-corrected chi connectivity index (χ2v) is 5.87. The monoisotopic (exact) mass is 342 g/mol. The van der Waals surface area contributed by atoms with Gasteiger partial charge in [0.25, 0.3) is 0 Å². The lowest BCUT2D eigenvalue weighted by Gasteiger charge is -2.11. The molecule has 0 saturated carbocycles. The number of aromatic nitrogens is 3. The molecule has 0 spiro atoms. The molecule has 1 aliphatic rings. The van der Waals surface area contributed by atoms with Crippen LogP contribution in [0.25, 0.3) is 0 Å². The summed E-state index contributed by atoms with van der Waals surface area (Å²) in [4.78, 5) is 16.1.